The molecular formula is C32H30N4. The van der Waals surface area contributed by atoms with Gasteiger partial charge < -0.3 is 9.80 Å². The van der Waals surface area contributed by atoms with Crippen LogP contribution in [0.3, 0.4) is 0 Å². The number of hydrogen-bond donors (Lipinski definition) is 0. The van der Waals surface area contributed by atoms with Crippen LogP contribution in [0.4, 0.5) is 11.4 Å². The Balaban J connectivity index is 1.31. The first-order valence-corrected chi connectivity index (χ1v) is 13.2. The van der Waals surface area contributed by atoms with Gasteiger partial charge in [-0.25, -0.2) is 0 Å². The van der Waals surface area contributed by atoms with E-state index in [1.807, 2.05) is 12.4 Å². The Kier molecular flexibility index (Phi) is 5.31. The van der Waals surface area contributed by atoms with Crippen LogP contribution >= 0.6 is 0 Å². The van der Waals surface area contributed by atoms with E-state index in [0.717, 1.165) is 34.9 Å². The Morgan fingerprint density at radius 2 is 1.06 bits per heavy atom. The van der Waals surface area contributed by atoms with Crippen LogP contribution in [0.1, 0.15) is 25.7 Å². The molecule has 2 saturated heterocycles. The summed E-state index contributed by atoms with van der Waals surface area (Å²) >= 11 is 0. The number of nitrogens with zero attached hydrogens (tertiary/aromatic N) is 4. The summed E-state index contributed by atoms with van der Waals surface area (Å²) in [6, 6.07) is 26.7. The summed E-state index contributed by atoms with van der Waals surface area (Å²) in [4.78, 5) is 14.6. The molecule has 4 heteroatoms. The van der Waals surface area contributed by atoms with E-state index in [0.29, 0.717) is 0 Å². The highest BCUT2D eigenvalue weighted by Crippen LogP contribution is 2.36. The van der Waals surface area contributed by atoms with E-state index in [4.69, 9.17) is 9.97 Å². The van der Waals surface area contributed by atoms with Crippen molar-refractivity contribution >= 4 is 33.2 Å². The maximum absolute atomic E-state index is 4.82. The molecule has 0 bridgehead atoms. The average molecular weight is 471 g/mol. The van der Waals surface area contributed by atoms with E-state index < -0.39 is 0 Å². The lowest BCUT2D eigenvalue weighted by Gasteiger charge is -2.19. The van der Waals surface area contributed by atoms with Crippen molar-refractivity contribution in [3.05, 3.63) is 85.2 Å². The summed E-state index contributed by atoms with van der Waals surface area (Å²) in [5, 5.41) is 2.30. The quantitative estimate of drug-likeness (QED) is 0.258. The summed E-state index contributed by atoms with van der Waals surface area (Å²) in [6.07, 6.45) is 9.00. The number of aromatic nitrogens is 2. The molecule has 2 fully saturated rings. The van der Waals surface area contributed by atoms with Crippen LogP contribution in [0.25, 0.3) is 44.1 Å². The lowest BCUT2D eigenvalue weighted by atomic mass is 9.96. The zero-order valence-electron chi connectivity index (χ0n) is 20.5. The molecule has 2 aliphatic rings. The van der Waals surface area contributed by atoms with Gasteiger partial charge in [0, 0.05) is 60.7 Å². The van der Waals surface area contributed by atoms with Crippen molar-refractivity contribution in [3.8, 4) is 22.3 Å². The van der Waals surface area contributed by atoms with Gasteiger partial charge in [0.25, 0.3) is 0 Å². The predicted molar refractivity (Wildman–Crippen MR) is 151 cm³/mol. The third-order valence-electron chi connectivity index (χ3n) is 7.90. The normalized spacial score (nSPS) is 15.9. The summed E-state index contributed by atoms with van der Waals surface area (Å²) in [5.41, 5.74) is 9.44. The fourth-order valence-corrected chi connectivity index (χ4v) is 6.00. The van der Waals surface area contributed by atoms with Crippen molar-refractivity contribution in [1.82, 2.24) is 9.97 Å². The fraction of sp³-hybridized carbons (Fsp3) is 0.250. The van der Waals surface area contributed by atoms with Gasteiger partial charge in [-0.1, -0.05) is 36.4 Å². The van der Waals surface area contributed by atoms with Crippen LogP contribution in [0.15, 0.2) is 85.2 Å². The third kappa shape index (κ3) is 3.69. The molecule has 36 heavy (non-hydrogen) atoms. The number of fused-ring (bicyclic) bond motifs is 3. The molecule has 4 heterocycles. The Hall–Kier alpha value is -3.92. The van der Waals surface area contributed by atoms with E-state index >= 15 is 0 Å². The van der Waals surface area contributed by atoms with Gasteiger partial charge in [0.2, 0.25) is 0 Å². The van der Waals surface area contributed by atoms with Crippen molar-refractivity contribution in [2.75, 3.05) is 36.0 Å². The Morgan fingerprint density at radius 1 is 0.500 bits per heavy atom. The van der Waals surface area contributed by atoms with Crippen LogP contribution in [-0.4, -0.2) is 36.1 Å². The van der Waals surface area contributed by atoms with E-state index in [1.165, 1.54) is 72.4 Å². The van der Waals surface area contributed by atoms with Crippen molar-refractivity contribution < 1.29 is 0 Å². The van der Waals surface area contributed by atoms with Gasteiger partial charge in [0.05, 0.1) is 11.0 Å². The molecule has 3 aromatic carbocycles. The zero-order chi connectivity index (χ0) is 23.9. The average Bonchev–Trinajstić information content (AvgIpc) is 3.68. The van der Waals surface area contributed by atoms with Gasteiger partial charge in [-0.3, -0.25) is 9.97 Å². The molecule has 0 amide bonds. The molecule has 7 rings (SSSR count). The number of pyridine rings is 2. The largest absolute Gasteiger partial charge is 0.372 e. The first-order valence-electron chi connectivity index (χ1n) is 13.2. The molecule has 0 saturated carbocycles. The zero-order valence-corrected chi connectivity index (χ0v) is 20.5. The second-order valence-corrected chi connectivity index (χ2v) is 10.1. The highest BCUT2D eigenvalue weighted by atomic mass is 15.1. The molecule has 0 N–H and O–H groups in total. The van der Waals surface area contributed by atoms with E-state index in [1.54, 1.807) is 0 Å². The first kappa shape index (κ1) is 21.4. The summed E-state index contributed by atoms with van der Waals surface area (Å²) < 4.78 is 0. The highest BCUT2D eigenvalue weighted by molar-refractivity contribution is 6.11. The minimum absolute atomic E-state index is 0.964. The molecule has 2 aromatic heterocycles. The SMILES string of the molecule is c1cc(-c2ccnc3c2ccc2c(-c4ccc(N5CCCC5)cc4)ccnc23)cc(N2CCCC2)c1. The fourth-order valence-electron chi connectivity index (χ4n) is 6.00. The smallest absolute Gasteiger partial charge is 0.0970 e. The number of hydrogen-bond acceptors (Lipinski definition) is 4. The Morgan fingerprint density at radius 3 is 1.67 bits per heavy atom. The van der Waals surface area contributed by atoms with Crippen molar-refractivity contribution in [2.24, 2.45) is 0 Å². The molecule has 0 aliphatic carbocycles. The van der Waals surface area contributed by atoms with Gasteiger partial charge in [-0.2, -0.15) is 0 Å². The molecule has 0 atom stereocenters. The number of rotatable bonds is 4. The molecule has 0 unspecified atom stereocenters. The van der Waals surface area contributed by atoms with Gasteiger partial charge in [-0.05, 0) is 84.3 Å². The standard InChI is InChI=1S/C32H30N4/c1-2-19-35(18-1)25-10-8-23(9-11-25)27-14-16-33-31-29(27)12-13-30-28(15-17-34-32(30)31)24-6-5-7-26(22-24)36-20-3-4-21-36/h5-17,22H,1-4,18-21H2. The molecule has 0 spiro atoms. The molecule has 4 nitrogen and oxygen atoms in total. The van der Waals surface area contributed by atoms with Crippen LogP contribution < -0.4 is 9.80 Å². The summed E-state index contributed by atoms with van der Waals surface area (Å²) in [7, 11) is 0. The summed E-state index contributed by atoms with van der Waals surface area (Å²) in [5.74, 6) is 0. The van der Waals surface area contributed by atoms with Gasteiger partial charge >= 0.3 is 0 Å². The lowest BCUT2D eigenvalue weighted by Crippen LogP contribution is -2.17. The van der Waals surface area contributed by atoms with Gasteiger partial charge in [0.1, 0.15) is 0 Å². The number of anilines is 2. The molecule has 0 radical (unpaired) electrons. The van der Waals surface area contributed by atoms with Crippen molar-refractivity contribution in [1.29, 1.82) is 0 Å². The van der Waals surface area contributed by atoms with E-state index in [-0.39, 0.29) is 0 Å². The second-order valence-electron chi connectivity index (χ2n) is 10.1. The van der Waals surface area contributed by atoms with Crippen LogP contribution in [0, 0.1) is 0 Å². The molecular weight excluding hydrogens is 440 g/mol. The predicted octanol–water partition coefficient (Wildman–Crippen LogP) is 7.32. The van der Waals surface area contributed by atoms with Crippen LogP contribution in [0.2, 0.25) is 0 Å². The minimum atomic E-state index is 0.964. The third-order valence-corrected chi connectivity index (χ3v) is 7.90. The van der Waals surface area contributed by atoms with Crippen LogP contribution in [-0.2, 0) is 0 Å². The first-order chi connectivity index (χ1) is 17.8. The number of benzene rings is 3. The maximum atomic E-state index is 4.82. The second kappa shape index (κ2) is 8.94. The highest BCUT2D eigenvalue weighted by Gasteiger charge is 2.16. The maximum Gasteiger partial charge on any atom is 0.0970 e. The van der Waals surface area contributed by atoms with Gasteiger partial charge in [-0.15, -0.1) is 0 Å². The van der Waals surface area contributed by atoms with Gasteiger partial charge in [0.15, 0.2) is 0 Å². The lowest BCUT2D eigenvalue weighted by molar-refractivity contribution is 0.949. The van der Waals surface area contributed by atoms with Crippen molar-refractivity contribution in [2.45, 2.75) is 25.7 Å². The van der Waals surface area contributed by atoms with Crippen molar-refractivity contribution in [3.63, 3.8) is 0 Å². The Labute approximate surface area is 212 Å². The van der Waals surface area contributed by atoms with E-state index in [9.17, 15) is 0 Å². The Bertz CT molecular complexity index is 1540. The van der Waals surface area contributed by atoms with Crippen LogP contribution in [0.5, 0.6) is 0 Å². The minimum Gasteiger partial charge on any atom is -0.372 e. The molecule has 178 valence electrons. The molecule has 2 aliphatic heterocycles. The topological polar surface area (TPSA) is 32.3 Å². The molecule has 5 aromatic rings. The van der Waals surface area contributed by atoms with E-state index in [2.05, 4.69) is 82.6 Å². The monoisotopic (exact) mass is 470 g/mol. The summed E-state index contributed by atoms with van der Waals surface area (Å²) in [6.45, 7) is 4.63.